The predicted molar refractivity (Wildman–Crippen MR) is 128 cm³/mol. The summed E-state index contributed by atoms with van der Waals surface area (Å²) in [6, 6.07) is 12.9. The van der Waals surface area contributed by atoms with Crippen LogP contribution in [0.15, 0.2) is 36.4 Å². The van der Waals surface area contributed by atoms with Crippen LogP contribution in [0.4, 0.5) is 5.82 Å². The lowest BCUT2D eigenvalue weighted by Gasteiger charge is -2.32. The van der Waals surface area contributed by atoms with E-state index in [4.69, 9.17) is 31.5 Å². The molecule has 3 aliphatic rings. The molecule has 6 rings (SSSR count). The molecule has 3 aliphatic heterocycles. The Labute approximate surface area is 199 Å². The number of hydrogen-bond donors (Lipinski definition) is 0. The second kappa shape index (κ2) is 8.70. The van der Waals surface area contributed by atoms with E-state index in [1.54, 1.807) is 0 Å². The number of rotatable bonds is 3. The zero-order chi connectivity index (χ0) is 22.4. The summed E-state index contributed by atoms with van der Waals surface area (Å²) in [6.45, 7) is 7.23. The van der Waals surface area contributed by atoms with Gasteiger partial charge in [-0.25, -0.2) is 4.98 Å². The molecule has 0 unspecified atom stereocenters. The Bertz CT molecular complexity index is 1150. The minimum absolute atomic E-state index is 0.372. The zero-order valence-electron chi connectivity index (χ0n) is 19.0. The molecule has 0 saturated carbocycles. The van der Waals surface area contributed by atoms with Crippen LogP contribution in [-0.2, 0) is 17.8 Å². The van der Waals surface area contributed by atoms with Crippen LogP contribution in [0.1, 0.15) is 48.1 Å². The topological polar surface area (TPSA) is 59.3 Å². The van der Waals surface area contributed by atoms with Gasteiger partial charge in [-0.05, 0) is 62.1 Å². The summed E-state index contributed by atoms with van der Waals surface area (Å²) in [5.74, 6) is 3.54. The molecule has 2 fully saturated rings. The van der Waals surface area contributed by atoms with E-state index in [1.807, 2.05) is 19.1 Å². The first-order valence-corrected chi connectivity index (χ1v) is 12.3. The molecule has 7 nitrogen and oxygen atoms in total. The van der Waals surface area contributed by atoms with Crippen LogP contribution in [0.2, 0.25) is 5.02 Å². The highest BCUT2D eigenvalue weighted by Gasteiger charge is 2.33. The molecule has 0 aliphatic carbocycles. The summed E-state index contributed by atoms with van der Waals surface area (Å²) in [5, 5.41) is 10.2. The van der Waals surface area contributed by atoms with E-state index in [2.05, 4.69) is 38.6 Å². The van der Waals surface area contributed by atoms with Gasteiger partial charge in [-0.15, -0.1) is 10.2 Å². The Morgan fingerprint density at radius 2 is 1.91 bits per heavy atom. The van der Waals surface area contributed by atoms with Crippen LogP contribution < -0.4 is 4.90 Å². The van der Waals surface area contributed by atoms with Crippen molar-refractivity contribution in [2.75, 3.05) is 31.2 Å². The number of pyridine rings is 1. The number of fused-ring (bicyclic) bond motifs is 3. The maximum absolute atomic E-state index is 6.42. The van der Waals surface area contributed by atoms with Crippen molar-refractivity contribution in [3.05, 3.63) is 64.3 Å². The van der Waals surface area contributed by atoms with Gasteiger partial charge in [-0.2, -0.15) is 0 Å². The van der Waals surface area contributed by atoms with Gasteiger partial charge in [0.15, 0.2) is 5.82 Å². The van der Waals surface area contributed by atoms with E-state index in [0.29, 0.717) is 12.0 Å². The summed E-state index contributed by atoms with van der Waals surface area (Å²) in [4.78, 5) is 9.58. The molecule has 1 aromatic carbocycles. The van der Waals surface area contributed by atoms with Crippen molar-refractivity contribution in [2.24, 2.45) is 0 Å². The number of aryl methyl sites for hydroxylation is 1. The summed E-state index contributed by atoms with van der Waals surface area (Å²) in [6.07, 6.45) is 3.13. The van der Waals surface area contributed by atoms with E-state index in [0.717, 1.165) is 86.8 Å². The largest absolute Gasteiger partial charge is 0.380 e. The molecule has 0 bridgehead atoms. The van der Waals surface area contributed by atoms with Gasteiger partial charge in [0.2, 0.25) is 0 Å². The van der Waals surface area contributed by atoms with Crippen LogP contribution in [0.25, 0.3) is 5.69 Å². The van der Waals surface area contributed by atoms with Crippen molar-refractivity contribution in [3.8, 4) is 5.69 Å². The van der Waals surface area contributed by atoms with Gasteiger partial charge in [0.1, 0.15) is 11.6 Å². The molecule has 5 heterocycles. The van der Waals surface area contributed by atoms with Crippen molar-refractivity contribution in [3.63, 3.8) is 0 Å². The van der Waals surface area contributed by atoms with E-state index in [1.165, 1.54) is 11.3 Å². The SMILES string of the molecule is Cc1cccc(N2CCC(c3nnc4n3-c3ccc(Cl)cc3CN([C@@H]3CCOC3)C4)CC2)n1. The van der Waals surface area contributed by atoms with Gasteiger partial charge in [0.05, 0.1) is 18.8 Å². The molecule has 1 atom stereocenters. The van der Waals surface area contributed by atoms with Gasteiger partial charge in [-0.1, -0.05) is 17.7 Å². The number of piperidine rings is 1. The van der Waals surface area contributed by atoms with E-state index < -0.39 is 0 Å². The van der Waals surface area contributed by atoms with Crippen molar-refractivity contribution in [2.45, 2.75) is 51.2 Å². The van der Waals surface area contributed by atoms with Crippen molar-refractivity contribution in [1.82, 2.24) is 24.6 Å². The Balaban J connectivity index is 1.30. The molecule has 33 heavy (non-hydrogen) atoms. The lowest BCUT2D eigenvalue weighted by molar-refractivity contribution is 0.133. The number of hydrogen-bond acceptors (Lipinski definition) is 6. The fraction of sp³-hybridized carbons (Fsp3) is 0.480. The standard InChI is InChI=1S/C25H29ClN6O/c1-17-3-2-4-23(27-17)30-10-7-18(8-11-30)25-29-28-24-15-31(21-9-12-33-16-21)14-19-13-20(26)5-6-22(19)32(24)25/h2-6,13,18,21H,7-12,14-16H2,1H3/t21-/m1/s1. The smallest absolute Gasteiger partial charge is 0.151 e. The normalized spacial score (nSPS) is 21.6. The maximum atomic E-state index is 6.42. The average molecular weight is 465 g/mol. The van der Waals surface area contributed by atoms with Crippen LogP contribution in [0.3, 0.4) is 0 Å². The second-order valence-electron chi connectivity index (χ2n) is 9.40. The number of anilines is 1. The number of ether oxygens (including phenoxy) is 1. The quantitative estimate of drug-likeness (QED) is 0.581. The van der Waals surface area contributed by atoms with Gasteiger partial charge in [-0.3, -0.25) is 9.47 Å². The molecule has 3 aromatic rings. The second-order valence-corrected chi connectivity index (χ2v) is 9.84. The molecule has 0 radical (unpaired) electrons. The van der Waals surface area contributed by atoms with Gasteiger partial charge < -0.3 is 9.64 Å². The Hall–Kier alpha value is -2.48. The Kier molecular flexibility index (Phi) is 5.56. The van der Waals surface area contributed by atoms with Gasteiger partial charge in [0.25, 0.3) is 0 Å². The summed E-state index contributed by atoms with van der Waals surface area (Å²) in [7, 11) is 0. The Morgan fingerprint density at radius 1 is 1.03 bits per heavy atom. The van der Waals surface area contributed by atoms with Crippen LogP contribution in [-0.4, -0.2) is 57.0 Å². The third-order valence-corrected chi connectivity index (χ3v) is 7.47. The molecule has 2 saturated heterocycles. The van der Waals surface area contributed by atoms with E-state index in [9.17, 15) is 0 Å². The minimum Gasteiger partial charge on any atom is -0.380 e. The highest BCUT2D eigenvalue weighted by Crippen LogP contribution is 2.35. The zero-order valence-corrected chi connectivity index (χ0v) is 19.7. The first-order chi connectivity index (χ1) is 16.2. The molecular formula is C25H29ClN6O. The number of halogens is 1. The molecule has 172 valence electrons. The summed E-state index contributed by atoms with van der Waals surface area (Å²) in [5.41, 5.74) is 3.46. The highest BCUT2D eigenvalue weighted by atomic mass is 35.5. The molecule has 8 heteroatoms. The van der Waals surface area contributed by atoms with Crippen LogP contribution >= 0.6 is 11.6 Å². The van der Waals surface area contributed by atoms with Gasteiger partial charge in [0, 0.05) is 48.9 Å². The molecular weight excluding hydrogens is 436 g/mol. The third kappa shape index (κ3) is 4.03. The van der Waals surface area contributed by atoms with Crippen molar-refractivity contribution < 1.29 is 4.74 Å². The van der Waals surface area contributed by atoms with E-state index in [-0.39, 0.29) is 0 Å². The van der Waals surface area contributed by atoms with Crippen molar-refractivity contribution >= 4 is 17.4 Å². The molecule has 2 aromatic heterocycles. The first-order valence-electron chi connectivity index (χ1n) is 11.9. The van der Waals surface area contributed by atoms with Crippen LogP contribution in [0, 0.1) is 6.92 Å². The number of benzene rings is 1. The fourth-order valence-corrected chi connectivity index (χ4v) is 5.65. The molecule has 0 amide bonds. The fourth-order valence-electron chi connectivity index (χ4n) is 5.45. The number of nitrogens with zero attached hydrogens (tertiary/aromatic N) is 6. The third-order valence-electron chi connectivity index (χ3n) is 7.24. The number of aromatic nitrogens is 4. The highest BCUT2D eigenvalue weighted by molar-refractivity contribution is 6.30. The lowest BCUT2D eigenvalue weighted by Crippen LogP contribution is -2.34. The summed E-state index contributed by atoms with van der Waals surface area (Å²) < 4.78 is 8.00. The first kappa shape index (κ1) is 21.1. The minimum atomic E-state index is 0.372. The molecule has 0 N–H and O–H groups in total. The monoisotopic (exact) mass is 464 g/mol. The maximum Gasteiger partial charge on any atom is 0.151 e. The lowest BCUT2D eigenvalue weighted by atomic mass is 9.95. The van der Waals surface area contributed by atoms with E-state index >= 15 is 0 Å². The Morgan fingerprint density at radius 3 is 2.70 bits per heavy atom. The predicted octanol–water partition coefficient (Wildman–Crippen LogP) is 4.11. The van der Waals surface area contributed by atoms with Crippen LogP contribution in [0.5, 0.6) is 0 Å². The van der Waals surface area contributed by atoms with Crippen molar-refractivity contribution in [1.29, 1.82) is 0 Å². The molecule has 0 spiro atoms. The average Bonchev–Trinajstić information content (AvgIpc) is 3.47. The van der Waals surface area contributed by atoms with Gasteiger partial charge >= 0.3 is 0 Å². The summed E-state index contributed by atoms with van der Waals surface area (Å²) >= 11 is 6.42.